The molecule has 0 unspecified atom stereocenters. The summed E-state index contributed by atoms with van der Waals surface area (Å²) in [6.45, 7) is 0. The van der Waals surface area contributed by atoms with Crippen LogP contribution in [0.3, 0.4) is 0 Å². The lowest BCUT2D eigenvalue weighted by atomic mass is 9.78. The summed E-state index contributed by atoms with van der Waals surface area (Å²) < 4.78 is 8.86. The van der Waals surface area contributed by atoms with Crippen molar-refractivity contribution in [1.82, 2.24) is 0 Å². The van der Waals surface area contributed by atoms with Crippen molar-refractivity contribution in [1.29, 1.82) is 0 Å². The highest BCUT2D eigenvalue weighted by atomic mass is 32.2. The zero-order chi connectivity index (χ0) is 17.5. The lowest BCUT2D eigenvalue weighted by Gasteiger charge is -2.45. The monoisotopic (exact) mass is 353 g/mol. The Morgan fingerprint density at radius 1 is 1.29 bits per heavy atom. The molecule has 1 saturated heterocycles. The molecule has 8 nitrogen and oxygen atoms in total. The van der Waals surface area contributed by atoms with Gasteiger partial charge in [0.05, 0.1) is 0 Å². The van der Waals surface area contributed by atoms with Gasteiger partial charge in [-0.3, -0.25) is 0 Å². The van der Waals surface area contributed by atoms with Crippen molar-refractivity contribution in [3.8, 4) is 0 Å². The van der Waals surface area contributed by atoms with Gasteiger partial charge in [-0.25, -0.2) is 9.19 Å². The predicted octanol–water partition coefficient (Wildman–Crippen LogP) is -0.497. The molecule has 1 aromatic rings. The average Bonchev–Trinajstić information content (AvgIpc) is 2.80. The Bertz CT molecular complexity index is 722. The molecular weight excluding hydrogens is 338 g/mol. The normalized spacial score (nSPS) is 35.3. The zero-order valence-corrected chi connectivity index (χ0v) is 13.0. The van der Waals surface area contributed by atoms with Gasteiger partial charge in [-0.2, -0.15) is 0 Å². The summed E-state index contributed by atoms with van der Waals surface area (Å²) >= 11 is 1.11. The second kappa shape index (κ2) is 6.28. The van der Waals surface area contributed by atoms with Crippen molar-refractivity contribution in [3.05, 3.63) is 35.4 Å². The number of aliphatic carboxylic acids is 1. The van der Waals surface area contributed by atoms with Crippen LogP contribution in [0.2, 0.25) is 0 Å². The third kappa shape index (κ3) is 2.65. The molecule has 3 rings (SSSR count). The molecule has 2 aliphatic rings. The summed E-state index contributed by atoms with van der Waals surface area (Å²) in [5, 5.41) is 49.8. The summed E-state index contributed by atoms with van der Waals surface area (Å²) in [5.41, 5.74) is -1.62. The summed E-state index contributed by atoms with van der Waals surface area (Å²) in [7, 11) is 0. The first-order valence-electron chi connectivity index (χ1n) is 7.02. The van der Waals surface area contributed by atoms with Crippen LogP contribution < -0.4 is 0 Å². The Labute approximate surface area is 140 Å². The fraction of sp³-hybridized carbons (Fsp3) is 0.333. The number of rotatable bonds is 2. The second-order valence-electron chi connectivity index (χ2n) is 5.46. The number of carboxylic acid groups (broad SMARTS) is 1. The molecule has 5 atom stereocenters. The minimum Gasteiger partial charge on any atom is -0.479 e. The first-order valence-corrected chi connectivity index (χ1v) is 7.79. The minimum absolute atomic E-state index is 0.0325. The van der Waals surface area contributed by atoms with Crippen LogP contribution in [0.15, 0.2) is 33.6 Å². The van der Waals surface area contributed by atoms with Crippen LogP contribution in [-0.4, -0.2) is 62.3 Å². The molecule has 0 saturated carbocycles. The number of benzene rings is 1. The number of fused-ring (bicyclic) bond motifs is 1. The van der Waals surface area contributed by atoms with E-state index in [4.69, 9.17) is 4.74 Å². The van der Waals surface area contributed by atoms with Gasteiger partial charge >= 0.3 is 5.97 Å². The number of hydrogen-bond acceptors (Lipinski definition) is 8. The van der Waals surface area contributed by atoms with Gasteiger partial charge in [-0.05, 0) is 23.3 Å². The molecule has 2 heterocycles. The molecule has 0 radical (unpaired) electrons. The first-order chi connectivity index (χ1) is 11.4. The Morgan fingerprint density at radius 3 is 2.75 bits per heavy atom. The van der Waals surface area contributed by atoms with Gasteiger partial charge in [-0.15, -0.1) is 0 Å². The molecule has 0 aromatic heterocycles. The van der Waals surface area contributed by atoms with Crippen LogP contribution >= 0.6 is 11.9 Å². The molecular formula is C15H15NO7S. The number of aliphatic hydroxyl groups excluding tert-OH is 3. The van der Waals surface area contributed by atoms with Gasteiger partial charge < -0.3 is 30.3 Å². The Balaban J connectivity index is 2.10. The highest BCUT2D eigenvalue weighted by Crippen LogP contribution is 2.40. The lowest BCUT2D eigenvalue weighted by Crippen LogP contribution is -2.66. The molecule has 128 valence electrons. The van der Waals surface area contributed by atoms with E-state index < -0.39 is 36.2 Å². The number of nitrogens with zero attached hydrogens (tertiary/aromatic N) is 1. The van der Waals surface area contributed by atoms with Crippen LogP contribution in [0.5, 0.6) is 0 Å². The quantitative estimate of drug-likeness (QED) is 0.449. The molecule has 0 spiro atoms. The lowest BCUT2D eigenvalue weighted by molar-refractivity contribution is -0.316. The third-order valence-corrected chi connectivity index (χ3v) is 4.79. The molecule has 0 amide bonds. The Morgan fingerprint density at radius 2 is 2.04 bits per heavy atom. The van der Waals surface area contributed by atoms with Gasteiger partial charge in [0, 0.05) is 23.1 Å². The standard InChI is InChI=1S/C15H15NO7S/c17-10-11(18)15(22,12(13(19)20)23-14(10)21)8-4-3-7-2-1-5-16-24-9(7)6-8/h1-6,10-12,14,17-18,21-22H,(H,19,20)/t10-,11-,12-,14-,15+/m1/s1. The number of ether oxygens (including phenoxy) is 1. The van der Waals surface area contributed by atoms with Crippen LogP contribution in [-0.2, 0) is 15.1 Å². The largest absolute Gasteiger partial charge is 0.479 e. The van der Waals surface area contributed by atoms with E-state index in [9.17, 15) is 30.3 Å². The van der Waals surface area contributed by atoms with Gasteiger partial charge in [0.2, 0.25) is 0 Å². The van der Waals surface area contributed by atoms with Crippen molar-refractivity contribution < 1.29 is 35.1 Å². The van der Waals surface area contributed by atoms with E-state index in [-0.39, 0.29) is 5.56 Å². The number of aliphatic hydroxyl groups is 4. The van der Waals surface area contributed by atoms with E-state index in [0.29, 0.717) is 4.90 Å². The SMILES string of the molecule is O=C(O)[C@H]1O[C@@H](O)[C@H](O)[C@@H](O)[C@@]1(O)c1ccc2c(c1)SN=CC=C2. The van der Waals surface area contributed by atoms with Crippen molar-refractivity contribution in [2.75, 3.05) is 0 Å². The van der Waals surface area contributed by atoms with E-state index in [0.717, 1.165) is 17.5 Å². The van der Waals surface area contributed by atoms with Gasteiger partial charge in [0.25, 0.3) is 0 Å². The van der Waals surface area contributed by atoms with Crippen molar-refractivity contribution >= 4 is 30.2 Å². The van der Waals surface area contributed by atoms with Crippen molar-refractivity contribution in [3.63, 3.8) is 0 Å². The molecule has 0 bridgehead atoms. The molecule has 24 heavy (non-hydrogen) atoms. The highest BCUT2D eigenvalue weighted by Gasteiger charge is 2.58. The molecule has 0 aliphatic carbocycles. The van der Waals surface area contributed by atoms with E-state index in [1.54, 1.807) is 24.4 Å². The maximum absolute atomic E-state index is 11.5. The van der Waals surface area contributed by atoms with Crippen LogP contribution in [0, 0.1) is 0 Å². The Kier molecular flexibility index (Phi) is 4.47. The second-order valence-corrected chi connectivity index (χ2v) is 6.30. The van der Waals surface area contributed by atoms with Crippen molar-refractivity contribution in [2.45, 2.75) is 35.1 Å². The van der Waals surface area contributed by atoms with E-state index in [1.165, 1.54) is 12.1 Å². The number of carboxylic acids is 1. The average molecular weight is 353 g/mol. The van der Waals surface area contributed by atoms with Crippen LogP contribution in [0.1, 0.15) is 11.1 Å². The Hall–Kier alpha value is -1.75. The first kappa shape index (κ1) is 17.1. The number of hydrogen-bond donors (Lipinski definition) is 5. The molecule has 9 heteroatoms. The fourth-order valence-corrected chi connectivity index (χ4v) is 3.40. The van der Waals surface area contributed by atoms with E-state index in [1.807, 2.05) is 0 Å². The third-order valence-electron chi connectivity index (χ3n) is 4.02. The molecule has 1 aromatic carbocycles. The van der Waals surface area contributed by atoms with Gasteiger partial charge in [-0.1, -0.05) is 18.2 Å². The van der Waals surface area contributed by atoms with Crippen LogP contribution in [0.25, 0.3) is 6.08 Å². The van der Waals surface area contributed by atoms with Gasteiger partial charge in [0.15, 0.2) is 18.0 Å². The maximum atomic E-state index is 11.5. The van der Waals surface area contributed by atoms with E-state index in [2.05, 4.69) is 4.40 Å². The molecule has 2 aliphatic heterocycles. The summed E-state index contributed by atoms with van der Waals surface area (Å²) in [6.07, 6.45) is -2.62. The summed E-state index contributed by atoms with van der Waals surface area (Å²) in [4.78, 5) is 12.1. The van der Waals surface area contributed by atoms with E-state index >= 15 is 0 Å². The van der Waals surface area contributed by atoms with Crippen molar-refractivity contribution in [2.24, 2.45) is 4.40 Å². The smallest absolute Gasteiger partial charge is 0.336 e. The maximum Gasteiger partial charge on any atom is 0.336 e. The number of carbonyl (C=O) groups is 1. The topological polar surface area (TPSA) is 140 Å². The minimum atomic E-state index is -2.44. The summed E-state index contributed by atoms with van der Waals surface area (Å²) in [5.74, 6) is -1.58. The highest BCUT2D eigenvalue weighted by molar-refractivity contribution is 7.98. The summed E-state index contributed by atoms with van der Waals surface area (Å²) in [6, 6.07) is 4.53. The van der Waals surface area contributed by atoms with Gasteiger partial charge in [0.1, 0.15) is 12.2 Å². The molecule has 1 fully saturated rings. The fourth-order valence-electron chi connectivity index (χ4n) is 2.73. The zero-order valence-electron chi connectivity index (χ0n) is 12.2. The number of allylic oxidation sites excluding steroid dienone is 1. The predicted molar refractivity (Wildman–Crippen MR) is 84.3 cm³/mol. The molecule has 5 N–H and O–H groups in total. The van der Waals surface area contributed by atoms with Crippen LogP contribution in [0.4, 0.5) is 0 Å².